The van der Waals surface area contributed by atoms with Gasteiger partial charge in [0.2, 0.25) is 0 Å². The van der Waals surface area contributed by atoms with Crippen LogP contribution in [0.3, 0.4) is 0 Å². The maximum atomic E-state index is 6.08. The highest BCUT2D eigenvalue weighted by atomic mass is 16.5. The van der Waals surface area contributed by atoms with Gasteiger partial charge in [-0.05, 0) is 115 Å². The molecule has 0 aromatic heterocycles. The number of benzene rings is 8. The summed E-state index contributed by atoms with van der Waals surface area (Å²) in [6.07, 6.45) is 0.916. The van der Waals surface area contributed by atoms with E-state index in [1.165, 1.54) is 44.8 Å². The summed E-state index contributed by atoms with van der Waals surface area (Å²) in [7, 11) is 0. The molecule has 4 heterocycles. The van der Waals surface area contributed by atoms with Crippen molar-refractivity contribution in [1.82, 2.24) is 0 Å². The fraction of sp³-hybridized carbons (Fsp3) is 0.158. The fourth-order valence-electron chi connectivity index (χ4n) is 8.83. The van der Waals surface area contributed by atoms with Gasteiger partial charge in [-0.25, -0.2) is 0 Å². The lowest BCUT2D eigenvalue weighted by Gasteiger charge is -2.31. The summed E-state index contributed by atoms with van der Waals surface area (Å²) in [5.41, 5.74) is 12.1. The SMILES string of the molecule is c1ccc2c(c1)CN(c1ccc(Cc3ccc(N4COc5ccccc5C4)cc3)cc1)CO2.c1ccc2c(c1)CN(c1ccc(Oc3ccc(N4COc5ccccc5C4)cc3)cc1)CO2. The number of rotatable bonds is 8. The molecule has 0 bridgehead atoms. The summed E-state index contributed by atoms with van der Waals surface area (Å²) in [5, 5.41) is 0. The largest absolute Gasteiger partial charge is 0.473 e. The lowest BCUT2D eigenvalue weighted by Crippen LogP contribution is -2.31. The Balaban J connectivity index is 0.000000146. The molecule has 0 N–H and O–H groups in total. The van der Waals surface area contributed by atoms with E-state index in [4.69, 9.17) is 23.7 Å². The maximum Gasteiger partial charge on any atom is 0.161 e. The van der Waals surface area contributed by atoms with Crippen LogP contribution in [0.15, 0.2) is 194 Å². The molecule has 0 unspecified atom stereocenters. The van der Waals surface area contributed by atoms with Crippen molar-refractivity contribution in [3.63, 3.8) is 0 Å². The van der Waals surface area contributed by atoms with Crippen molar-refractivity contribution in [2.75, 3.05) is 46.5 Å². The average molecular weight is 871 g/mol. The minimum atomic E-state index is 0.545. The van der Waals surface area contributed by atoms with Crippen molar-refractivity contribution in [3.8, 4) is 34.5 Å². The monoisotopic (exact) mass is 870 g/mol. The Kier molecular flexibility index (Phi) is 11.5. The van der Waals surface area contributed by atoms with Crippen molar-refractivity contribution in [1.29, 1.82) is 0 Å². The Bertz CT molecular complexity index is 2510. The molecule has 0 saturated carbocycles. The molecule has 4 aliphatic heterocycles. The molecule has 66 heavy (non-hydrogen) atoms. The molecule has 0 saturated heterocycles. The first kappa shape index (κ1) is 40.7. The predicted molar refractivity (Wildman–Crippen MR) is 261 cm³/mol. The second-order valence-electron chi connectivity index (χ2n) is 16.9. The van der Waals surface area contributed by atoms with Crippen molar-refractivity contribution in [2.45, 2.75) is 32.6 Å². The normalized spacial score (nSPS) is 14.6. The standard InChI is InChI=1S/C29H26N2O2.C28H24N2O3/c1-3-7-28-24(5-1)18-30(20-32-28)26-13-9-22(10-14-26)17-23-11-15-27(16-12-23)31-19-25-6-2-4-8-29(25)33-21-31;1-3-7-27-21(5-1)17-29(19-31-27)23-9-13-25(14-10-23)33-26-15-11-24(12-16-26)30-18-22-6-2-4-8-28(22)32-20-30/h1-16H,17-21H2;1-16H,17-20H2. The molecular weight excluding hydrogens is 821 g/mol. The third-order valence-corrected chi connectivity index (χ3v) is 12.5. The zero-order valence-corrected chi connectivity index (χ0v) is 36.7. The van der Waals surface area contributed by atoms with Gasteiger partial charge in [-0.1, -0.05) is 97.1 Å². The second-order valence-corrected chi connectivity index (χ2v) is 16.9. The lowest BCUT2D eigenvalue weighted by atomic mass is 10.0. The van der Waals surface area contributed by atoms with Gasteiger partial charge in [-0.15, -0.1) is 0 Å². The van der Waals surface area contributed by atoms with E-state index in [1.54, 1.807) is 0 Å². The van der Waals surface area contributed by atoms with E-state index >= 15 is 0 Å². The lowest BCUT2D eigenvalue weighted by molar-refractivity contribution is 0.289. The van der Waals surface area contributed by atoms with Gasteiger partial charge < -0.3 is 43.3 Å². The Hall–Kier alpha value is -8.04. The van der Waals surface area contributed by atoms with E-state index < -0.39 is 0 Å². The smallest absolute Gasteiger partial charge is 0.161 e. The molecule has 0 atom stereocenters. The Labute approximate surface area is 386 Å². The number of anilines is 4. The van der Waals surface area contributed by atoms with Crippen molar-refractivity contribution < 1.29 is 23.7 Å². The fourth-order valence-corrected chi connectivity index (χ4v) is 8.83. The van der Waals surface area contributed by atoms with Gasteiger partial charge in [0.1, 0.15) is 34.5 Å². The van der Waals surface area contributed by atoms with Crippen LogP contribution in [0.2, 0.25) is 0 Å². The van der Waals surface area contributed by atoms with Crippen LogP contribution in [0.5, 0.6) is 34.5 Å². The van der Waals surface area contributed by atoms with Gasteiger partial charge in [0.25, 0.3) is 0 Å². The number of para-hydroxylation sites is 4. The molecule has 12 rings (SSSR count). The van der Waals surface area contributed by atoms with E-state index in [0.29, 0.717) is 26.9 Å². The molecule has 8 aromatic carbocycles. The summed E-state index contributed by atoms with van der Waals surface area (Å²) in [6, 6.07) is 66.9. The van der Waals surface area contributed by atoms with Crippen LogP contribution in [0, 0.1) is 0 Å². The molecular formula is C57H50N4O5. The first-order valence-electron chi connectivity index (χ1n) is 22.5. The number of fused-ring (bicyclic) bond motifs is 4. The number of nitrogens with zero attached hydrogens (tertiary/aromatic N) is 4. The first-order valence-corrected chi connectivity index (χ1v) is 22.5. The van der Waals surface area contributed by atoms with Crippen LogP contribution in [0.1, 0.15) is 33.4 Å². The maximum absolute atomic E-state index is 6.08. The summed E-state index contributed by atoms with van der Waals surface area (Å²) >= 11 is 0. The van der Waals surface area contributed by atoms with Crippen LogP contribution in [-0.2, 0) is 32.6 Å². The Morgan fingerprint density at radius 1 is 0.303 bits per heavy atom. The molecule has 4 aliphatic rings. The number of hydrogen-bond donors (Lipinski definition) is 0. The van der Waals surface area contributed by atoms with Crippen LogP contribution < -0.4 is 43.3 Å². The summed E-state index contributed by atoms with van der Waals surface area (Å²) < 4.78 is 29.7. The van der Waals surface area contributed by atoms with Gasteiger partial charge >= 0.3 is 0 Å². The Morgan fingerprint density at radius 3 is 0.848 bits per heavy atom. The third kappa shape index (κ3) is 9.14. The molecule has 328 valence electrons. The topological polar surface area (TPSA) is 59.1 Å². The summed E-state index contributed by atoms with van der Waals surface area (Å²) in [5.74, 6) is 5.54. The molecule has 0 amide bonds. The van der Waals surface area contributed by atoms with E-state index in [-0.39, 0.29) is 0 Å². The third-order valence-electron chi connectivity index (χ3n) is 12.5. The molecule has 8 aromatic rings. The second kappa shape index (κ2) is 18.6. The van der Waals surface area contributed by atoms with Gasteiger partial charge in [0.15, 0.2) is 26.9 Å². The molecule has 9 heteroatoms. The number of hydrogen-bond acceptors (Lipinski definition) is 9. The molecule has 0 spiro atoms. The van der Waals surface area contributed by atoms with E-state index in [2.05, 4.69) is 129 Å². The van der Waals surface area contributed by atoms with E-state index in [0.717, 1.165) is 78.5 Å². The van der Waals surface area contributed by atoms with Gasteiger partial charge in [0, 0.05) is 71.2 Å². The van der Waals surface area contributed by atoms with Crippen molar-refractivity contribution >= 4 is 22.7 Å². The minimum absolute atomic E-state index is 0.545. The number of ether oxygens (including phenoxy) is 5. The van der Waals surface area contributed by atoms with Crippen molar-refractivity contribution in [2.24, 2.45) is 0 Å². The zero-order valence-electron chi connectivity index (χ0n) is 36.7. The summed E-state index contributed by atoms with van der Waals surface area (Å²) in [4.78, 5) is 8.94. The molecule has 0 aliphatic carbocycles. The molecule has 9 nitrogen and oxygen atoms in total. The van der Waals surface area contributed by atoms with Gasteiger partial charge in [-0.2, -0.15) is 0 Å². The van der Waals surface area contributed by atoms with Gasteiger partial charge in [0.05, 0.1) is 0 Å². The van der Waals surface area contributed by atoms with E-state index in [9.17, 15) is 0 Å². The first-order chi connectivity index (χ1) is 32.6. The highest BCUT2D eigenvalue weighted by molar-refractivity contribution is 5.56. The Morgan fingerprint density at radius 2 is 0.561 bits per heavy atom. The minimum Gasteiger partial charge on any atom is -0.473 e. The van der Waals surface area contributed by atoms with Crippen LogP contribution in [-0.4, -0.2) is 26.9 Å². The van der Waals surface area contributed by atoms with Crippen LogP contribution >= 0.6 is 0 Å². The molecule has 0 radical (unpaired) electrons. The average Bonchev–Trinajstić information content (AvgIpc) is 3.39. The highest BCUT2D eigenvalue weighted by Crippen LogP contribution is 2.34. The predicted octanol–water partition coefficient (Wildman–Crippen LogP) is 12.2. The molecule has 0 fully saturated rings. The highest BCUT2D eigenvalue weighted by Gasteiger charge is 2.21. The van der Waals surface area contributed by atoms with E-state index in [1.807, 2.05) is 84.9 Å². The quantitative estimate of drug-likeness (QED) is 0.149. The van der Waals surface area contributed by atoms with Gasteiger partial charge in [-0.3, -0.25) is 0 Å². The zero-order chi connectivity index (χ0) is 44.1. The van der Waals surface area contributed by atoms with Crippen molar-refractivity contribution in [3.05, 3.63) is 228 Å². The summed E-state index contributed by atoms with van der Waals surface area (Å²) in [6.45, 7) is 5.69. The van der Waals surface area contributed by atoms with Crippen LogP contribution in [0.4, 0.5) is 22.7 Å². The van der Waals surface area contributed by atoms with Crippen LogP contribution in [0.25, 0.3) is 0 Å².